The third-order valence-electron chi connectivity index (χ3n) is 3.70. The summed E-state index contributed by atoms with van der Waals surface area (Å²) in [5.41, 5.74) is 0.454. The Kier molecular flexibility index (Phi) is 4.44. The van der Waals surface area contributed by atoms with Crippen molar-refractivity contribution in [2.45, 2.75) is 12.8 Å². The topological polar surface area (TPSA) is 74.9 Å². The van der Waals surface area contributed by atoms with Crippen molar-refractivity contribution in [3.8, 4) is 11.9 Å². The summed E-state index contributed by atoms with van der Waals surface area (Å²) in [6, 6.07) is 7.64. The summed E-state index contributed by atoms with van der Waals surface area (Å²) in [4.78, 5) is 14.7. The van der Waals surface area contributed by atoms with E-state index in [4.69, 9.17) is 10.00 Å². The molecule has 0 radical (unpaired) electrons. The third kappa shape index (κ3) is 3.50. The molecule has 0 bridgehead atoms. The molecule has 6 nitrogen and oxygen atoms in total. The monoisotopic (exact) mass is 295 g/mol. The lowest BCUT2D eigenvalue weighted by Crippen LogP contribution is -2.38. The van der Waals surface area contributed by atoms with E-state index in [2.05, 4.69) is 25.9 Å². The Bertz CT molecular complexity index is 655. The quantitative estimate of drug-likeness (QED) is 0.859. The number of hydrogen-bond acceptors (Lipinski definition) is 6. The molecule has 6 heteroatoms. The maximum atomic E-state index is 8.96. The summed E-state index contributed by atoms with van der Waals surface area (Å²) in [5.74, 6) is 1.84. The smallest absolute Gasteiger partial charge is 0.232 e. The standard InChI is InChI=1S/C16H17N5O/c17-9-14-4-1-5-15(20-14)21-8-2-3-13(11-21)12-22-16-10-18-6-7-19-16/h1,4-7,10,13H,2-3,8,11-12H2. The van der Waals surface area contributed by atoms with Crippen molar-refractivity contribution in [1.29, 1.82) is 5.26 Å². The molecule has 22 heavy (non-hydrogen) atoms. The van der Waals surface area contributed by atoms with Gasteiger partial charge in [-0.2, -0.15) is 5.26 Å². The van der Waals surface area contributed by atoms with Crippen LogP contribution in [0.5, 0.6) is 5.88 Å². The van der Waals surface area contributed by atoms with Gasteiger partial charge in [0.15, 0.2) is 0 Å². The van der Waals surface area contributed by atoms with Gasteiger partial charge in [0.25, 0.3) is 0 Å². The second kappa shape index (κ2) is 6.85. The maximum absolute atomic E-state index is 8.96. The Morgan fingerprint density at radius 1 is 1.36 bits per heavy atom. The lowest BCUT2D eigenvalue weighted by atomic mass is 9.99. The third-order valence-corrected chi connectivity index (χ3v) is 3.70. The molecule has 0 aromatic carbocycles. The van der Waals surface area contributed by atoms with Crippen LogP contribution in [-0.4, -0.2) is 34.6 Å². The summed E-state index contributed by atoms with van der Waals surface area (Å²) in [6.45, 7) is 2.46. The first-order valence-electron chi connectivity index (χ1n) is 7.36. The molecular weight excluding hydrogens is 278 g/mol. The van der Waals surface area contributed by atoms with Crippen molar-refractivity contribution in [3.05, 3.63) is 42.5 Å². The van der Waals surface area contributed by atoms with Gasteiger partial charge in [-0.3, -0.25) is 4.98 Å². The van der Waals surface area contributed by atoms with E-state index in [0.29, 0.717) is 24.1 Å². The van der Waals surface area contributed by atoms with E-state index in [1.807, 2.05) is 12.1 Å². The largest absolute Gasteiger partial charge is 0.476 e. The first-order chi connectivity index (χ1) is 10.8. The Morgan fingerprint density at radius 2 is 2.32 bits per heavy atom. The highest BCUT2D eigenvalue weighted by Crippen LogP contribution is 2.22. The van der Waals surface area contributed by atoms with Gasteiger partial charge in [0, 0.05) is 31.4 Å². The van der Waals surface area contributed by atoms with E-state index in [9.17, 15) is 0 Å². The molecule has 1 unspecified atom stereocenters. The molecule has 0 spiro atoms. The SMILES string of the molecule is N#Cc1cccc(N2CCCC(COc3cnccn3)C2)n1. The number of pyridine rings is 1. The van der Waals surface area contributed by atoms with Crippen LogP contribution in [0.3, 0.4) is 0 Å². The molecule has 1 aliphatic heterocycles. The van der Waals surface area contributed by atoms with Crippen LogP contribution in [0.2, 0.25) is 0 Å². The zero-order valence-electron chi connectivity index (χ0n) is 12.2. The molecular formula is C16H17N5O. The minimum atomic E-state index is 0.420. The van der Waals surface area contributed by atoms with E-state index >= 15 is 0 Å². The van der Waals surface area contributed by atoms with Crippen molar-refractivity contribution < 1.29 is 4.74 Å². The summed E-state index contributed by atoms with van der Waals surface area (Å²) >= 11 is 0. The van der Waals surface area contributed by atoms with Crippen LogP contribution in [0.1, 0.15) is 18.5 Å². The van der Waals surface area contributed by atoms with Crippen LogP contribution in [0.4, 0.5) is 5.82 Å². The summed E-state index contributed by atoms with van der Waals surface area (Å²) < 4.78 is 5.70. The highest BCUT2D eigenvalue weighted by atomic mass is 16.5. The molecule has 1 aliphatic rings. The second-order valence-electron chi connectivity index (χ2n) is 5.30. The predicted molar refractivity (Wildman–Crippen MR) is 81.4 cm³/mol. The number of aromatic nitrogens is 3. The van der Waals surface area contributed by atoms with Crippen LogP contribution >= 0.6 is 0 Å². The first kappa shape index (κ1) is 14.3. The average Bonchev–Trinajstić information content (AvgIpc) is 2.61. The maximum Gasteiger partial charge on any atom is 0.232 e. The summed E-state index contributed by atoms with van der Waals surface area (Å²) in [5, 5.41) is 8.96. The van der Waals surface area contributed by atoms with Gasteiger partial charge >= 0.3 is 0 Å². The molecule has 1 saturated heterocycles. The van der Waals surface area contributed by atoms with E-state index in [1.165, 1.54) is 0 Å². The van der Waals surface area contributed by atoms with Gasteiger partial charge in [0.05, 0.1) is 12.8 Å². The molecule has 3 rings (SSSR count). The minimum Gasteiger partial charge on any atom is -0.476 e. The number of ether oxygens (including phenoxy) is 1. The summed E-state index contributed by atoms with van der Waals surface area (Å²) in [7, 11) is 0. The fraction of sp³-hybridized carbons (Fsp3) is 0.375. The molecule has 112 valence electrons. The normalized spacial score (nSPS) is 17.8. The highest BCUT2D eigenvalue weighted by Gasteiger charge is 2.21. The minimum absolute atomic E-state index is 0.420. The van der Waals surface area contributed by atoms with Gasteiger partial charge in [-0.25, -0.2) is 9.97 Å². The average molecular weight is 295 g/mol. The number of nitriles is 1. The number of piperidine rings is 1. The van der Waals surface area contributed by atoms with Gasteiger partial charge < -0.3 is 9.64 Å². The number of rotatable bonds is 4. The van der Waals surface area contributed by atoms with Gasteiger partial charge in [-0.15, -0.1) is 0 Å². The molecule has 0 N–H and O–H groups in total. The van der Waals surface area contributed by atoms with Crippen LogP contribution < -0.4 is 9.64 Å². The number of hydrogen-bond donors (Lipinski definition) is 0. The molecule has 1 fully saturated rings. The predicted octanol–water partition coefficient (Wildman–Crippen LogP) is 2.04. The Morgan fingerprint density at radius 3 is 3.14 bits per heavy atom. The lowest BCUT2D eigenvalue weighted by Gasteiger charge is -2.33. The molecule has 1 atom stereocenters. The molecule has 2 aromatic rings. The van der Waals surface area contributed by atoms with E-state index in [-0.39, 0.29) is 0 Å². The van der Waals surface area contributed by atoms with Crippen molar-refractivity contribution in [2.75, 3.05) is 24.6 Å². The molecule has 3 heterocycles. The number of anilines is 1. The Hall–Kier alpha value is -2.68. The van der Waals surface area contributed by atoms with Crippen molar-refractivity contribution in [3.63, 3.8) is 0 Å². The fourth-order valence-electron chi connectivity index (χ4n) is 2.63. The van der Waals surface area contributed by atoms with Crippen LogP contribution in [0.15, 0.2) is 36.8 Å². The zero-order valence-corrected chi connectivity index (χ0v) is 12.2. The van der Waals surface area contributed by atoms with E-state index < -0.39 is 0 Å². The van der Waals surface area contributed by atoms with Crippen LogP contribution in [0.25, 0.3) is 0 Å². The molecule has 0 saturated carbocycles. The lowest BCUT2D eigenvalue weighted by molar-refractivity contribution is 0.221. The summed E-state index contributed by atoms with van der Waals surface area (Å²) in [6.07, 6.45) is 7.09. The zero-order chi connectivity index (χ0) is 15.2. The van der Waals surface area contributed by atoms with Crippen molar-refractivity contribution >= 4 is 5.82 Å². The molecule has 0 amide bonds. The van der Waals surface area contributed by atoms with Crippen molar-refractivity contribution in [2.24, 2.45) is 5.92 Å². The number of nitrogens with zero attached hydrogens (tertiary/aromatic N) is 5. The first-order valence-corrected chi connectivity index (χ1v) is 7.36. The van der Waals surface area contributed by atoms with Gasteiger partial charge in [-0.05, 0) is 25.0 Å². The Balaban J connectivity index is 1.60. The second-order valence-corrected chi connectivity index (χ2v) is 5.30. The molecule has 0 aliphatic carbocycles. The van der Waals surface area contributed by atoms with Crippen molar-refractivity contribution in [1.82, 2.24) is 15.0 Å². The fourth-order valence-corrected chi connectivity index (χ4v) is 2.63. The van der Waals surface area contributed by atoms with Gasteiger partial charge in [-0.1, -0.05) is 6.07 Å². The van der Waals surface area contributed by atoms with Gasteiger partial charge in [0.1, 0.15) is 17.6 Å². The van der Waals surface area contributed by atoms with E-state index in [1.54, 1.807) is 24.7 Å². The molecule has 2 aromatic heterocycles. The van der Waals surface area contributed by atoms with E-state index in [0.717, 1.165) is 31.7 Å². The van der Waals surface area contributed by atoms with Crippen LogP contribution in [0, 0.1) is 17.2 Å². The van der Waals surface area contributed by atoms with Crippen LogP contribution in [-0.2, 0) is 0 Å². The van der Waals surface area contributed by atoms with Gasteiger partial charge in [0.2, 0.25) is 5.88 Å². The Labute approximate surface area is 129 Å². The highest BCUT2D eigenvalue weighted by molar-refractivity contribution is 5.42.